The summed E-state index contributed by atoms with van der Waals surface area (Å²) < 4.78 is 0. The summed E-state index contributed by atoms with van der Waals surface area (Å²) in [5.41, 5.74) is 0.0994. The van der Waals surface area contributed by atoms with E-state index in [-0.39, 0.29) is 16.4 Å². The number of carbonyl (C=O) groups is 1. The third-order valence-electron chi connectivity index (χ3n) is 3.08. The van der Waals surface area contributed by atoms with Crippen LogP contribution in [0.3, 0.4) is 0 Å². The van der Waals surface area contributed by atoms with Crippen molar-refractivity contribution in [3.63, 3.8) is 0 Å². The van der Waals surface area contributed by atoms with E-state index in [4.69, 9.17) is 5.11 Å². The summed E-state index contributed by atoms with van der Waals surface area (Å²) in [6.07, 6.45) is 2.52. The highest BCUT2D eigenvalue weighted by molar-refractivity contribution is 8.00. The number of hydrogen-bond donors (Lipinski definition) is 2. The van der Waals surface area contributed by atoms with Gasteiger partial charge in [0.05, 0.1) is 15.9 Å². The molecular weight excluding hydrogens is 314 g/mol. The summed E-state index contributed by atoms with van der Waals surface area (Å²) in [6, 6.07) is 0. The van der Waals surface area contributed by atoms with Gasteiger partial charge in [-0.2, -0.15) is 11.8 Å². The summed E-state index contributed by atoms with van der Waals surface area (Å²) in [6.45, 7) is 4.01. The van der Waals surface area contributed by atoms with E-state index in [1.54, 1.807) is 11.8 Å². The Morgan fingerprint density at radius 3 is 2.86 bits per heavy atom. The van der Waals surface area contributed by atoms with Crippen LogP contribution in [0.5, 0.6) is 0 Å². The summed E-state index contributed by atoms with van der Waals surface area (Å²) in [5, 5.41) is 22.9. The molecular formula is C12H21N3O4S2. The zero-order valence-corrected chi connectivity index (χ0v) is 13.8. The molecule has 0 bridgehead atoms. The molecule has 1 aliphatic rings. The smallest absolute Gasteiger partial charge is 0.313 e. The van der Waals surface area contributed by atoms with Gasteiger partial charge in [0.25, 0.3) is 5.70 Å². The Morgan fingerprint density at radius 2 is 2.33 bits per heavy atom. The van der Waals surface area contributed by atoms with Gasteiger partial charge in [0, 0.05) is 25.4 Å². The lowest BCUT2D eigenvalue weighted by Crippen LogP contribution is -2.29. The summed E-state index contributed by atoms with van der Waals surface area (Å²) in [5.74, 6) is 0.368. The van der Waals surface area contributed by atoms with Crippen molar-refractivity contribution in [3.8, 4) is 0 Å². The number of nitro groups is 1. The first-order valence-electron chi connectivity index (χ1n) is 6.70. The third kappa shape index (κ3) is 5.31. The molecule has 9 heteroatoms. The zero-order valence-electron chi connectivity index (χ0n) is 12.2. The van der Waals surface area contributed by atoms with Crippen molar-refractivity contribution in [1.82, 2.24) is 10.2 Å². The fourth-order valence-corrected chi connectivity index (χ4v) is 3.47. The molecule has 0 spiro atoms. The van der Waals surface area contributed by atoms with Gasteiger partial charge in [-0.1, -0.05) is 6.92 Å². The second kappa shape index (κ2) is 9.04. The molecule has 120 valence electrons. The molecule has 0 saturated carbocycles. The minimum atomic E-state index is -0.954. The number of nitrogens with one attached hydrogen (secondary N) is 1. The Hall–Kier alpha value is -1.09. The van der Waals surface area contributed by atoms with Crippen molar-refractivity contribution in [2.75, 3.05) is 37.4 Å². The first kappa shape index (κ1) is 18.0. The van der Waals surface area contributed by atoms with Crippen molar-refractivity contribution < 1.29 is 14.8 Å². The molecule has 1 atom stereocenters. The van der Waals surface area contributed by atoms with Crippen LogP contribution in [-0.2, 0) is 4.79 Å². The topological polar surface area (TPSA) is 95.7 Å². The van der Waals surface area contributed by atoms with E-state index in [2.05, 4.69) is 5.32 Å². The summed E-state index contributed by atoms with van der Waals surface area (Å²) in [7, 11) is 0. The number of carboxylic acids is 1. The lowest BCUT2D eigenvalue weighted by atomic mass is 10.2. The standard InChI is InChI=1S/C12H21N3O4S2/c1-3-9(21-8-10(16)17)11(15(18)19)12-13-4-5-14(12)6-7-20-2/h9,13H,3-8H2,1-2H3,(H,16,17). The molecule has 0 aromatic rings. The molecule has 1 fully saturated rings. The number of rotatable bonds is 9. The number of aliphatic carboxylic acids is 1. The van der Waals surface area contributed by atoms with Gasteiger partial charge >= 0.3 is 5.97 Å². The van der Waals surface area contributed by atoms with Crippen LogP contribution in [0.25, 0.3) is 0 Å². The second-order valence-electron chi connectivity index (χ2n) is 4.50. The first-order chi connectivity index (χ1) is 10.0. The predicted molar refractivity (Wildman–Crippen MR) is 86.2 cm³/mol. The van der Waals surface area contributed by atoms with Crippen LogP contribution in [-0.4, -0.2) is 63.5 Å². The summed E-state index contributed by atoms with van der Waals surface area (Å²) >= 11 is 2.80. The molecule has 2 N–H and O–H groups in total. The van der Waals surface area contributed by atoms with Gasteiger partial charge in [0.15, 0.2) is 5.82 Å². The molecule has 1 rings (SSSR count). The molecule has 0 aromatic carbocycles. The van der Waals surface area contributed by atoms with Gasteiger partial charge in [-0.25, -0.2) is 0 Å². The van der Waals surface area contributed by atoms with Crippen LogP contribution in [0.2, 0.25) is 0 Å². The van der Waals surface area contributed by atoms with Crippen molar-refractivity contribution in [3.05, 3.63) is 21.6 Å². The van der Waals surface area contributed by atoms with E-state index in [1.807, 2.05) is 18.1 Å². The SMILES string of the molecule is CCC(SCC(=O)O)C(=C1NCCN1CCSC)[N+](=O)[O-]. The number of thioether (sulfide) groups is 2. The lowest BCUT2D eigenvalue weighted by molar-refractivity contribution is -0.429. The highest BCUT2D eigenvalue weighted by Crippen LogP contribution is 2.27. The van der Waals surface area contributed by atoms with Crippen molar-refractivity contribution in [2.45, 2.75) is 18.6 Å². The Bertz CT molecular complexity index is 417. The van der Waals surface area contributed by atoms with E-state index in [0.29, 0.717) is 18.8 Å². The maximum atomic E-state index is 11.5. The second-order valence-corrected chi connectivity index (χ2v) is 6.68. The van der Waals surface area contributed by atoms with Crippen LogP contribution in [0.4, 0.5) is 0 Å². The van der Waals surface area contributed by atoms with Gasteiger partial charge < -0.3 is 15.3 Å². The molecule has 21 heavy (non-hydrogen) atoms. The van der Waals surface area contributed by atoms with Crippen LogP contribution in [0, 0.1) is 10.1 Å². The van der Waals surface area contributed by atoms with Crippen LogP contribution in [0.15, 0.2) is 11.5 Å². The van der Waals surface area contributed by atoms with Gasteiger partial charge in [0.2, 0.25) is 0 Å². The van der Waals surface area contributed by atoms with Gasteiger partial charge in [0.1, 0.15) is 0 Å². The zero-order chi connectivity index (χ0) is 15.8. The molecule has 7 nitrogen and oxygen atoms in total. The molecule has 1 heterocycles. The average molecular weight is 335 g/mol. The fourth-order valence-electron chi connectivity index (χ4n) is 2.13. The molecule has 0 aliphatic carbocycles. The van der Waals surface area contributed by atoms with E-state index in [9.17, 15) is 14.9 Å². The highest BCUT2D eigenvalue weighted by Gasteiger charge is 2.34. The van der Waals surface area contributed by atoms with Gasteiger partial charge in [-0.05, 0) is 12.7 Å². The van der Waals surface area contributed by atoms with E-state index in [0.717, 1.165) is 30.6 Å². The van der Waals surface area contributed by atoms with E-state index < -0.39 is 11.2 Å². The van der Waals surface area contributed by atoms with Crippen molar-refractivity contribution >= 4 is 29.5 Å². The van der Waals surface area contributed by atoms with Gasteiger partial charge in [-0.3, -0.25) is 14.9 Å². The number of carboxylic acid groups (broad SMARTS) is 1. The Kier molecular flexibility index (Phi) is 7.73. The van der Waals surface area contributed by atoms with Crippen LogP contribution >= 0.6 is 23.5 Å². The molecule has 1 unspecified atom stereocenters. The minimum Gasteiger partial charge on any atom is -0.481 e. The molecule has 0 radical (unpaired) electrons. The first-order valence-corrected chi connectivity index (χ1v) is 9.15. The molecule has 1 saturated heterocycles. The highest BCUT2D eigenvalue weighted by atomic mass is 32.2. The average Bonchev–Trinajstić information content (AvgIpc) is 2.88. The normalized spacial score (nSPS) is 18.3. The molecule has 1 aliphatic heterocycles. The summed E-state index contributed by atoms with van der Waals surface area (Å²) in [4.78, 5) is 23.8. The van der Waals surface area contributed by atoms with E-state index >= 15 is 0 Å². The van der Waals surface area contributed by atoms with Crippen molar-refractivity contribution in [1.29, 1.82) is 0 Å². The Labute approximate surface area is 132 Å². The third-order valence-corrected chi connectivity index (χ3v) is 5.04. The quantitative estimate of drug-likeness (QED) is 0.481. The molecule has 0 aromatic heterocycles. The Balaban J connectivity index is 2.97. The van der Waals surface area contributed by atoms with E-state index in [1.165, 1.54) is 0 Å². The molecule has 0 amide bonds. The number of nitrogens with zero attached hydrogens (tertiary/aromatic N) is 2. The lowest BCUT2D eigenvalue weighted by Gasteiger charge is -2.20. The van der Waals surface area contributed by atoms with Crippen LogP contribution in [0.1, 0.15) is 13.3 Å². The Morgan fingerprint density at radius 1 is 1.62 bits per heavy atom. The van der Waals surface area contributed by atoms with Crippen LogP contribution < -0.4 is 5.32 Å². The maximum Gasteiger partial charge on any atom is 0.313 e. The number of hydrogen-bond acceptors (Lipinski definition) is 7. The monoisotopic (exact) mass is 335 g/mol. The fraction of sp³-hybridized carbons (Fsp3) is 0.750. The van der Waals surface area contributed by atoms with Gasteiger partial charge in [-0.15, -0.1) is 11.8 Å². The minimum absolute atomic E-state index is 0.0994. The maximum absolute atomic E-state index is 11.5. The van der Waals surface area contributed by atoms with Crippen molar-refractivity contribution in [2.24, 2.45) is 0 Å². The predicted octanol–water partition coefficient (Wildman–Crippen LogP) is 1.30. The largest absolute Gasteiger partial charge is 0.481 e.